The van der Waals surface area contributed by atoms with Crippen LogP contribution in [0.15, 0.2) is 0 Å². The van der Waals surface area contributed by atoms with Crippen LogP contribution >= 0.6 is 15.9 Å². The highest BCUT2D eigenvalue weighted by Gasteiger charge is 2.54. The van der Waals surface area contributed by atoms with Crippen LogP contribution in [0.1, 0.15) is 0 Å². The van der Waals surface area contributed by atoms with Crippen molar-refractivity contribution >= 4 is 15.9 Å². The van der Waals surface area contributed by atoms with Crippen molar-refractivity contribution in [1.29, 1.82) is 0 Å². The van der Waals surface area contributed by atoms with Gasteiger partial charge in [-0.1, -0.05) is 0 Å². The minimum Gasteiger partial charge on any atom is -0.246 e. The number of rotatable bonds is 1. The van der Waals surface area contributed by atoms with Gasteiger partial charge in [0.2, 0.25) is 0 Å². The summed E-state index contributed by atoms with van der Waals surface area (Å²) in [4.78, 5) is 0. The van der Waals surface area contributed by atoms with E-state index in [0.717, 1.165) is 0 Å². The van der Waals surface area contributed by atoms with Crippen molar-refractivity contribution in [2.75, 3.05) is 6.67 Å². The van der Waals surface area contributed by atoms with Crippen LogP contribution in [0, 0.1) is 0 Å². The molecule has 0 aromatic rings. The monoisotopic (exact) mass is 212 g/mol. The van der Waals surface area contributed by atoms with Crippen molar-refractivity contribution in [3.8, 4) is 0 Å². The molecule has 9 heavy (non-hydrogen) atoms. The summed E-state index contributed by atoms with van der Waals surface area (Å²) in [6, 6.07) is 0. The Kier molecular flexibility index (Phi) is 2.43. The predicted octanol–water partition coefficient (Wildman–Crippen LogP) is 2.58. The van der Waals surface area contributed by atoms with Gasteiger partial charge in [0.25, 0.3) is 4.58 Å². The number of alkyl halides is 6. The first kappa shape index (κ1) is 9.13. The van der Waals surface area contributed by atoms with E-state index >= 15 is 0 Å². The molecular weight excluding hydrogens is 211 g/mol. The van der Waals surface area contributed by atoms with Gasteiger partial charge in [-0.05, 0) is 15.9 Å². The lowest BCUT2D eigenvalue weighted by Crippen LogP contribution is -2.36. The molecule has 0 nitrogen and oxygen atoms in total. The van der Waals surface area contributed by atoms with Crippen LogP contribution in [-0.2, 0) is 0 Å². The highest BCUT2D eigenvalue weighted by atomic mass is 79.9. The fourth-order valence-electron chi connectivity index (χ4n) is 0.0758. The zero-order chi connectivity index (χ0) is 7.71. The number of hydrogen-bond donors (Lipinski definition) is 0. The Bertz CT molecular complexity index is 94.9. The lowest BCUT2D eigenvalue weighted by Gasteiger charge is -2.16. The first-order chi connectivity index (χ1) is 3.81. The molecule has 0 aromatic heterocycles. The second-order valence-electron chi connectivity index (χ2n) is 1.34. The minimum absolute atomic E-state index is 1.53. The van der Waals surface area contributed by atoms with Crippen LogP contribution < -0.4 is 0 Å². The van der Waals surface area contributed by atoms with Gasteiger partial charge in [0, 0.05) is 0 Å². The summed E-state index contributed by atoms with van der Waals surface area (Å²) < 4.78 is 52.5. The van der Waals surface area contributed by atoms with E-state index < -0.39 is 17.4 Å². The van der Waals surface area contributed by atoms with Gasteiger partial charge in [-0.2, -0.15) is 13.2 Å². The summed E-state index contributed by atoms with van der Waals surface area (Å²) in [5.41, 5.74) is 0. The van der Waals surface area contributed by atoms with E-state index in [1.165, 1.54) is 15.9 Å². The van der Waals surface area contributed by atoms with Crippen molar-refractivity contribution < 1.29 is 22.0 Å². The first-order valence-corrected chi connectivity index (χ1v) is 2.61. The van der Waals surface area contributed by atoms with Crippen molar-refractivity contribution in [2.45, 2.75) is 10.8 Å². The minimum atomic E-state index is -5.18. The average Bonchev–Trinajstić information content (AvgIpc) is 1.64. The molecule has 0 heterocycles. The van der Waals surface area contributed by atoms with Crippen molar-refractivity contribution in [2.24, 2.45) is 0 Å². The molecule has 0 amide bonds. The van der Waals surface area contributed by atoms with Gasteiger partial charge >= 0.3 is 6.18 Å². The molecule has 6 heteroatoms. The summed E-state index contributed by atoms with van der Waals surface area (Å²) in [6.07, 6.45) is -5.18. The molecule has 0 N–H and O–H groups in total. The summed E-state index contributed by atoms with van der Waals surface area (Å²) in [5.74, 6) is 0. The second-order valence-corrected chi connectivity index (χ2v) is 2.59. The SMILES string of the molecule is FCC(F)(Br)C(F)(F)F. The molecule has 56 valence electrons. The Morgan fingerprint density at radius 3 is 1.44 bits per heavy atom. The summed E-state index contributed by atoms with van der Waals surface area (Å²) in [5, 5.41) is 0. The Balaban J connectivity index is 4.14. The third-order valence-electron chi connectivity index (χ3n) is 0.583. The molecule has 0 aliphatic rings. The molecule has 0 bridgehead atoms. The van der Waals surface area contributed by atoms with Crippen LogP contribution in [0.25, 0.3) is 0 Å². The zero-order valence-corrected chi connectivity index (χ0v) is 5.56. The van der Waals surface area contributed by atoms with Crippen molar-refractivity contribution in [1.82, 2.24) is 0 Å². The van der Waals surface area contributed by atoms with Crippen LogP contribution in [-0.4, -0.2) is 17.4 Å². The van der Waals surface area contributed by atoms with E-state index in [-0.39, 0.29) is 0 Å². The molecule has 0 aromatic carbocycles. The Labute approximate surface area is 56.2 Å². The van der Waals surface area contributed by atoms with Gasteiger partial charge < -0.3 is 0 Å². The van der Waals surface area contributed by atoms with Gasteiger partial charge in [0.05, 0.1) is 0 Å². The van der Waals surface area contributed by atoms with E-state index in [4.69, 9.17) is 0 Å². The fourth-order valence-corrected chi connectivity index (χ4v) is 0.0758. The van der Waals surface area contributed by atoms with E-state index in [0.29, 0.717) is 0 Å². The van der Waals surface area contributed by atoms with Crippen LogP contribution in [0.3, 0.4) is 0 Å². The third-order valence-corrected chi connectivity index (χ3v) is 1.24. The largest absolute Gasteiger partial charge is 0.435 e. The van der Waals surface area contributed by atoms with Gasteiger partial charge in [0.15, 0.2) is 0 Å². The molecule has 0 spiro atoms. The highest BCUT2D eigenvalue weighted by Crippen LogP contribution is 2.39. The molecule has 0 saturated heterocycles. The van der Waals surface area contributed by atoms with E-state index in [1.54, 1.807) is 0 Å². The lowest BCUT2D eigenvalue weighted by molar-refractivity contribution is -0.195. The normalized spacial score (nSPS) is 19.3. The Morgan fingerprint density at radius 1 is 1.11 bits per heavy atom. The number of halogens is 6. The first-order valence-electron chi connectivity index (χ1n) is 1.82. The van der Waals surface area contributed by atoms with E-state index in [1.807, 2.05) is 0 Å². The summed E-state index contributed by atoms with van der Waals surface area (Å²) in [7, 11) is 0. The third kappa shape index (κ3) is 2.08. The van der Waals surface area contributed by atoms with Gasteiger partial charge in [-0.15, -0.1) is 0 Å². The Hall–Kier alpha value is 0.130. The van der Waals surface area contributed by atoms with Crippen molar-refractivity contribution in [3.05, 3.63) is 0 Å². The molecule has 1 unspecified atom stereocenters. The smallest absolute Gasteiger partial charge is 0.246 e. The fraction of sp³-hybridized carbons (Fsp3) is 1.00. The molecular formula is C3H2BrF5. The molecule has 0 radical (unpaired) electrons. The summed E-state index contributed by atoms with van der Waals surface area (Å²) >= 11 is 1.53. The van der Waals surface area contributed by atoms with Gasteiger partial charge in [0.1, 0.15) is 6.67 Å². The van der Waals surface area contributed by atoms with Gasteiger partial charge in [-0.25, -0.2) is 8.78 Å². The standard InChI is InChI=1S/C3H2BrF5/c4-2(6,1-5)3(7,8)9/h1H2. The predicted molar refractivity (Wildman–Crippen MR) is 24.8 cm³/mol. The molecule has 0 rings (SSSR count). The maximum atomic E-state index is 11.7. The molecule has 0 aliphatic heterocycles. The molecule has 1 atom stereocenters. The van der Waals surface area contributed by atoms with Crippen LogP contribution in [0.2, 0.25) is 0 Å². The maximum Gasteiger partial charge on any atom is 0.435 e. The zero-order valence-electron chi connectivity index (χ0n) is 3.97. The van der Waals surface area contributed by atoms with E-state index in [2.05, 4.69) is 0 Å². The summed E-state index contributed by atoms with van der Waals surface area (Å²) in [6.45, 7) is -2.11. The molecule has 0 fully saturated rings. The Morgan fingerprint density at radius 2 is 1.44 bits per heavy atom. The molecule has 0 aliphatic carbocycles. The number of hydrogen-bond acceptors (Lipinski definition) is 0. The van der Waals surface area contributed by atoms with Crippen LogP contribution in [0.5, 0.6) is 0 Å². The molecule has 0 saturated carbocycles. The topological polar surface area (TPSA) is 0 Å². The van der Waals surface area contributed by atoms with Crippen molar-refractivity contribution in [3.63, 3.8) is 0 Å². The lowest BCUT2D eigenvalue weighted by atomic mass is 10.4. The average molecular weight is 213 g/mol. The van der Waals surface area contributed by atoms with E-state index in [9.17, 15) is 22.0 Å². The second kappa shape index (κ2) is 2.40. The quantitative estimate of drug-likeness (QED) is 0.463. The van der Waals surface area contributed by atoms with Crippen LogP contribution in [0.4, 0.5) is 22.0 Å². The maximum absolute atomic E-state index is 11.7. The van der Waals surface area contributed by atoms with Gasteiger partial charge in [-0.3, -0.25) is 0 Å². The highest BCUT2D eigenvalue weighted by molar-refractivity contribution is 9.10.